The Morgan fingerprint density at radius 3 is 2.12 bits per heavy atom. The highest BCUT2D eigenvalue weighted by atomic mass is 16.5. The van der Waals surface area contributed by atoms with Crippen LogP contribution in [0.3, 0.4) is 0 Å². The van der Waals surface area contributed by atoms with Crippen molar-refractivity contribution < 1.29 is 9.53 Å². The molecule has 0 spiro atoms. The molecule has 4 rings (SSSR count). The number of anilines is 1. The van der Waals surface area contributed by atoms with Gasteiger partial charge in [0.15, 0.2) is 0 Å². The van der Waals surface area contributed by atoms with E-state index in [1.165, 1.54) is 0 Å². The number of carbonyl (C=O) groups excluding carboxylic acids is 1. The number of rotatable bonds is 6. The maximum absolute atomic E-state index is 13.4. The minimum absolute atomic E-state index is 0.00988. The summed E-state index contributed by atoms with van der Waals surface area (Å²) in [7, 11) is 1.69. The molecule has 0 unspecified atom stereocenters. The molecule has 1 N–H and O–H groups in total. The third kappa shape index (κ3) is 4.11. The third-order valence-corrected chi connectivity index (χ3v) is 6.80. The monoisotopic (exact) mass is 437 g/mol. The number of aryl methyl sites for hydroxylation is 1. The molecule has 0 radical (unpaired) electrons. The van der Waals surface area contributed by atoms with Crippen molar-refractivity contribution in [3.8, 4) is 16.9 Å². The van der Waals surface area contributed by atoms with Gasteiger partial charge in [-0.05, 0) is 59.0 Å². The van der Waals surface area contributed by atoms with Gasteiger partial charge < -0.3 is 10.1 Å². The number of nitrogens with one attached hydrogen (secondary N) is 1. The number of amides is 1. The van der Waals surface area contributed by atoms with Gasteiger partial charge in [0.25, 0.3) is 0 Å². The number of allylic oxidation sites excluding steroid dienone is 1. The summed E-state index contributed by atoms with van der Waals surface area (Å²) in [5.41, 5.74) is 4.83. The van der Waals surface area contributed by atoms with Crippen LogP contribution in [0.5, 0.6) is 5.75 Å². The van der Waals surface area contributed by atoms with Gasteiger partial charge >= 0.3 is 0 Å². The van der Waals surface area contributed by atoms with Crippen LogP contribution in [0.2, 0.25) is 0 Å². The van der Waals surface area contributed by atoms with Gasteiger partial charge in [-0.3, -0.25) is 4.79 Å². The number of carbonyl (C=O) groups is 1. The molecule has 3 nitrogen and oxygen atoms in total. The van der Waals surface area contributed by atoms with Crippen LogP contribution >= 0.6 is 0 Å². The van der Waals surface area contributed by atoms with E-state index < -0.39 is 0 Å². The Morgan fingerprint density at radius 2 is 1.48 bits per heavy atom. The molecule has 33 heavy (non-hydrogen) atoms. The van der Waals surface area contributed by atoms with Gasteiger partial charge in [-0.2, -0.15) is 0 Å². The van der Waals surface area contributed by atoms with Crippen molar-refractivity contribution >= 4 is 33.1 Å². The summed E-state index contributed by atoms with van der Waals surface area (Å²) in [6.07, 6.45) is 0. The highest BCUT2D eigenvalue weighted by molar-refractivity contribution is 6.14. The van der Waals surface area contributed by atoms with Gasteiger partial charge in [-0.1, -0.05) is 80.6 Å². The lowest BCUT2D eigenvalue weighted by molar-refractivity contribution is -0.120. The SMILES string of the molecule is C=C(C)[C@@H](C)[C@H](C)C(=O)Nc1c(C)cc2ccccc2c1-c1c(OC)ccc2ccccc12. The minimum Gasteiger partial charge on any atom is -0.496 e. The van der Waals surface area contributed by atoms with Crippen LogP contribution in [0, 0.1) is 18.8 Å². The van der Waals surface area contributed by atoms with Crippen LogP contribution in [-0.2, 0) is 4.79 Å². The summed E-state index contributed by atoms with van der Waals surface area (Å²) in [5, 5.41) is 7.70. The van der Waals surface area contributed by atoms with Crippen molar-refractivity contribution in [2.45, 2.75) is 27.7 Å². The lowest BCUT2D eigenvalue weighted by Gasteiger charge is -2.24. The second kappa shape index (κ2) is 9.11. The largest absolute Gasteiger partial charge is 0.496 e. The van der Waals surface area contributed by atoms with Gasteiger partial charge in [-0.15, -0.1) is 0 Å². The molecule has 0 aliphatic carbocycles. The van der Waals surface area contributed by atoms with Gasteiger partial charge in [0.05, 0.1) is 12.8 Å². The minimum atomic E-state index is -0.198. The maximum Gasteiger partial charge on any atom is 0.227 e. The normalized spacial score (nSPS) is 13.0. The summed E-state index contributed by atoms with van der Waals surface area (Å²) in [5.74, 6) is 0.657. The lowest BCUT2D eigenvalue weighted by Crippen LogP contribution is -2.26. The standard InChI is InChI=1S/C30H31NO2/c1-18(2)20(4)21(5)30(32)31-29-19(3)17-23-12-8-10-14-25(23)28(29)27-24-13-9-7-11-22(24)15-16-26(27)33-6/h7-17,20-21H,1H2,2-6H3,(H,31,32)/t20-,21+/m1/s1. The van der Waals surface area contributed by atoms with Crippen molar-refractivity contribution in [2.75, 3.05) is 12.4 Å². The van der Waals surface area contributed by atoms with E-state index in [1.807, 2.05) is 44.2 Å². The summed E-state index contributed by atoms with van der Waals surface area (Å²) in [6.45, 7) is 12.1. The first-order chi connectivity index (χ1) is 15.8. The van der Waals surface area contributed by atoms with Crippen molar-refractivity contribution in [3.05, 3.63) is 84.4 Å². The highest BCUT2D eigenvalue weighted by Crippen LogP contribution is 2.46. The molecule has 4 aromatic rings. The van der Waals surface area contributed by atoms with Crippen molar-refractivity contribution in [3.63, 3.8) is 0 Å². The lowest BCUT2D eigenvalue weighted by atomic mass is 9.88. The molecule has 0 bridgehead atoms. The molecular weight excluding hydrogens is 406 g/mol. The van der Waals surface area contributed by atoms with E-state index in [9.17, 15) is 4.79 Å². The van der Waals surface area contributed by atoms with E-state index in [2.05, 4.69) is 62.1 Å². The fourth-order valence-corrected chi connectivity index (χ4v) is 4.48. The van der Waals surface area contributed by atoms with Gasteiger partial charge in [-0.25, -0.2) is 0 Å². The molecule has 0 aliphatic rings. The van der Waals surface area contributed by atoms with Crippen molar-refractivity contribution in [2.24, 2.45) is 11.8 Å². The molecule has 0 saturated heterocycles. The molecule has 0 saturated carbocycles. The van der Waals surface area contributed by atoms with Gasteiger partial charge in [0.1, 0.15) is 5.75 Å². The Kier molecular flexibility index (Phi) is 6.24. The fourth-order valence-electron chi connectivity index (χ4n) is 4.48. The third-order valence-electron chi connectivity index (χ3n) is 6.80. The highest BCUT2D eigenvalue weighted by Gasteiger charge is 2.25. The molecule has 0 fully saturated rings. The molecule has 0 aromatic heterocycles. The van der Waals surface area contributed by atoms with Gasteiger partial charge in [0, 0.05) is 17.0 Å². The Bertz CT molecular complexity index is 1370. The molecule has 2 atom stereocenters. The number of methoxy groups -OCH3 is 1. The predicted octanol–water partition coefficient (Wildman–Crippen LogP) is 7.76. The first-order valence-electron chi connectivity index (χ1n) is 11.4. The van der Waals surface area contributed by atoms with E-state index >= 15 is 0 Å². The van der Waals surface area contributed by atoms with E-state index in [1.54, 1.807) is 7.11 Å². The van der Waals surface area contributed by atoms with Crippen LogP contribution in [-0.4, -0.2) is 13.0 Å². The second-order valence-corrected chi connectivity index (χ2v) is 8.94. The molecule has 168 valence electrons. The zero-order valence-electron chi connectivity index (χ0n) is 20.0. The molecule has 4 aromatic carbocycles. The van der Waals surface area contributed by atoms with Crippen LogP contribution in [0.15, 0.2) is 78.9 Å². The van der Waals surface area contributed by atoms with Crippen LogP contribution < -0.4 is 10.1 Å². The summed E-state index contributed by atoms with van der Waals surface area (Å²) in [6, 6.07) is 22.8. The quantitative estimate of drug-likeness (QED) is 0.313. The first-order valence-corrected chi connectivity index (χ1v) is 11.4. The summed E-state index contributed by atoms with van der Waals surface area (Å²) < 4.78 is 5.85. The summed E-state index contributed by atoms with van der Waals surface area (Å²) in [4.78, 5) is 13.4. The topological polar surface area (TPSA) is 38.3 Å². The zero-order chi connectivity index (χ0) is 23.7. The first kappa shape index (κ1) is 22.6. The number of hydrogen-bond acceptors (Lipinski definition) is 2. The zero-order valence-corrected chi connectivity index (χ0v) is 20.0. The Labute approximate surface area is 196 Å². The Hall–Kier alpha value is -3.59. The summed E-state index contributed by atoms with van der Waals surface area (Å²) >= 11 is 0. The van der Waals surface area contributed by atoms with Crippen molar-refractivity contribution in [1.29, 1.82) is 0 Å². The number of fused-ring (bicyclic) bond motifs is 2. The van der Waals surface area contributed by atoms with Crippen molar-refractivity contribution in [1.82, 2.24) is 0 Å². The van der Waals surface area contributed by atoms with Crippen LogP contribution in [0.25, 0.3) is 32.7 Å². The van der Waals surface area contributed by atoms with E-state index in [0.717, 1.165) is 55.2 Å². The molecule has 0 aliphatic heterocycles. The fraction of sp³-hybridized carbons (Fsp3) is 0.233. The van der Waals surface area contributed by atoms with Gasteiger partial charge in [0.2, 0.25) is 5.91 Å². The molecular formula is C30H31NO2. The van der Waals surface area contributed by atoms with E-state index in [-0.39, 0.29) is 17.7 Å². The number of hydrogen-bond donors (Lipinski definition) is 1. The second-order valence-electron chi connectivity index (χ2n) is 8.94. The average Bonchev–Trinajstić information content (AvgIpc) is 2.82. The maximum atomic E-state index is 13.4. The van der Waals surface area contributed by atoms with Crippen LogP contribution in [0.1, 0.15) is 26.3 Å². The number of ether oxygens (including phenoxy) is 1. The Balaban J connectivity index is 2.02. The van der Waals surface area contributed by atoms with E-state index in [0.29, 0.717) is 0 Å². The Morgan fingerprint density at radius 1 is 0.879 bits per heavy atom. The average molecular weight is 438 g/mol. The van der Waals surface area contributed by atoms with Crippen LogP contribution in [0.4, 0.5) is 5.69 Å². The van der Waals surface area contributed by atoms with E-state index in [4.69, 9.17) is 4.74 Å². The molecule has 1 amide bonds. The number of benzene rings is 4. The predicted molar refractivity (Wildman–Crippen MR) is 140 cm³/mol. The molecule has 0 heterocycles. The molecule has 3 heteroatoms. The smallest absolute Gasteiger partial charge is 0.227 e.